The van der Waals surface area contributed by atoms with Crippen molar-refractivity contribution in [2.75, 3.05) is 11.9 Å². The first-order valence-corrected chi connectivity index (χ1v) is 8.34. The minimum absolute atomic E-state index is 0.0187. The van der Waals surface area contributed by atoms with Gasteiger partial charge in [0.25, 0.3) is 5.56 Å². The normalized spacial score (nSPS) is 26.1. The Hall–Kier alpha value is -0.880. The molecule has 6 heteroatoms. The number of nitrogens with zero attached hydrogens (tertiary/aromatic N) is 2. The summed E-state index contributed by atoms with van der Waals surface area (Å²) in [5, 5.41) is 17.4. The topological polar surface area (TPSA) is 67.2 Å². The maximum atomic E-state index is 12.3. The number of aliphatic hydroxyl groups excluding tert-OH is 1. The largest absolute Gasteiger partial charge is 0.394 e. The molecule has 0 aliphatic heterocycles. The van der Waals surface area contributed by atoms with Gasteiger partial charge in [-0.3, -0.25) is 4.79 Å². The summed E-state index contributed by atoms with van der Waals surface area (Å²) in [6.45, 7) is 6.15. The first-order chi connectivity index (χ1) is 9.88. The maximum Gasteiger partial charge on any atom is 0.283 e. The molecule has 1 aromatic rings. The molecule has 0 atom stereocenters. The number of hydrogen-bond donors (Lipinski definition) is 2. The van der Waals surface area contributed by atoms with Crippen LogP contribution in [0.2, 0.25) is 0 Å². The zero-order valence-electron chi connectivity index (χ0n) is 12.9. The number of halogens is 1. The molecule has 118 valence electrons. The number of hydrogen-bond acceptors (Lipinski definition) is 4. The van der Waals surface area contributed by atoms with Crippen molar-refractivity contribution >= 4 is 21.6 Å². The van der Waals surface area contributed by atoms with Crippen LogP contribution in [-0.4, -0.2) is 27.0 Å². The van der Waals surface area contributed by atoms with Gasteiger partial charge in [0, 0.05) is 0 Å². The monoisotopic (exact) mass is 357 g/mol. The number of anilines is 1. The average Bonchev–Trinajstić information content (AvgIpc) is 2.46. The van der Waals surface area contributed by atoms with Crippen LogP contribution in [0.15, 0.2) is 15.5 Å². The van der Waals surface area contributed by atoms with Crippen molar-refractivity contribution < 1.29 is 5.11 Å². The first kappa shape index (κ1) is 16.5. The summed E-state index contributed by atoms with van der Waals surface area (Å²) in [5.41, 5.74) is 0.181. The van der Waals surface area contributed by atoms with Gasteiger partial charge < -0.3 is 10.4 Å². The zero-order valence-corrected chi connectivity index (χ0v) is 14.5. The zero-order chi connectivity index (χ0) is 15.6. The molecule has 0 unspecified atom stereocenters. The predicted molar refractivity (Wildman–Crippen MR) is 87.7 cm³/mol. The van der Waals surface area contributed by atoms with E-state index in [0.29, 0.717) is 16.1 Å². The van der Waals surface area contributed by atoms with Gasteiger partial charge in [0.05, 0.1) is 30.1 Å². The Kier molecular flexibility index (Phi) is 5.09. The van der Waals surface area contributed by atoms with Gasteiger partial charge in [-0.15, -0.1) is 0 Å². The molecule has 2 N–H and O–H groups in total. The number of aliphatic hydroxyl groups is 1. The van der Waals surface area contributed by atoms with E-state index in [1.807, 2.05) is 13.8 Å². The second kappa shape index (κ2) is 6.48. The highest BCUT2D eigenvalue weighted by atomic mass is 79.9. The highest BCUT2D eigenvalue weighted by molar-refractivity contribution is 9.10. The van der Waals surface area contributed by atoms with E-state index in [4.69, 9.17) is 0 Å². The van der Waals surface area contributed by atoms with Crippen molar-refractivity contribution in [2.24, 2.45) is 5.92 Å². The van der Waals surface area contributed by atoms with Crippen LogP contribution in [-0.2, 0) is 0 Å². The van der Waals surface area contributed by atoms with E-state index in [9.17, 15) is 9.90 Å². The Morgan fingerprint density at radius 3 is 2.67 bits per heavy atom. The van der Waals surface area contributed by atoms with Crippen LogP contribution in [0.3, 0.4) is 0 Å². The van der Waals surface area contributed by atoms with Crippen molar-refractivity contribution in [1.82, 2.24) is 9.78 Å². The summed E-state index contributed by atoms with van der Waals surface area (Å²) < 4.78 is 1.93. The summed E-state index contributed by atoms with van der Waals surface area (Å²) in [6, 6.07) is 0.0187. The fourth-order valence-electron chi connectivity index (χ4n) is 2.82. The van der Waals surface area contributed by atoms with Gasteiger partial charge in [0.2, 0.25) is 0 Å². The third-order valence-corrected chi connectivity index (χ3v) is 5.13. The van der Waals surface area contributed by atoms with Crippen molar-refractivity contribution in [3.05, 3.63) is 21.0 Å². The van der Waals surface area contributed by atoms with Crippen molar-refractivity contribution in [3.8, 4) is 0 Å². The van der Waals surface area contributed by atoms with E-state index in [1.54, 1.807) is 6.20 Å². The quantitative estimate of drug-likeness (QED) is 0.869. The van der Waals surface area contributed by atoms with Crippen molar-refractivity contribution in [2.45, 2.75) is 58.0 Å². The van der Waals surface area contributed by atoms with Gasteiger partial charge in [-0.1, -0.05) is 6.92 Å². The lowest BCUT2D eigenvalue weighted by molar-refractivity contribution is 0.155. The van der Waals surface area contributed by atoms with Crippen LogP contribution in [0, 0.1) is 5.92 Å². The summed E-state index contributed by atoms with van der Waals surface area (Å²) >= 11 is 3.37. The van der Waals surface area contributed by atoms with Crippen LogP contribution in [0.25, 0.3) is 0 Å². The number of rotatable bonds is 4. The summed E-state index contributed by atoms with van der Waals surface area (Å²) in [4.78, 5) is 12.3. The lowest BCUT2D eigenvalue weighted by Crippen LogP contribution is -2.45. The van der Waals surface area contributed by atoms with Gasteiger partial charge in [-0.25, -0.2) is 4.68 Å². The Morgan fingerprint density at radius 2 is 2.14 bits per heavy atom. The Morgan fingerprint density at radius 1 is 1.52 bits per heavy atom. The minimum atomic E-state index is -0.340. The molecule has 1 aliphatic rings. The molecule has 2 rings (SSSR count). The van der Waals surface area contributed by atoms with Gasteiger partial charge in [-0.05, 0) is 61.4 Å². The lowest BCUT2D eigenvalue weighted by Gasteiger charge is -2.39. The Labute approximate surface area is 133 Å². The standard InChI is InChI=1S/C15H24BrN3O2/c1-10(2)19-14(21)13(16)12(8-17-19)18-15(9-20)6-4-11(3)5-7-15/h8,10-11,18,20H,4-7,9H2,1-3H3. The summed E-state index contributed by atoms with van der Waals surface area (Å²) in [5.74, 6) is 0.696. The van der Waals surface area contributed by atoms with E-state index >= 15 is 0 Å². The molecule has 1 saturated carbocycles. The van der Waals surface area contributed by atoms with E-state index in [-0.39, 0.29) is 23.7 Å². The minimum Gasteiger partial charge on any atom is -0.394 e. The fourth-order valence-corrected chi connectivity index (χ4v) is 3.21. The third kappa shape index (κ3) is 3.48. The van der Waals surface area contributed by atoms with Crippen LogP contribution < -0.4 is 10.9 Å². The molecule has 1 aliphatic carbocycles. The van der Waals surface area contributed by atoms with Crippen molar-refractivity contribution in [1.29, 1.82) is 0 Å². The average molecular weight is 358 g/mol. The molecule has 0 bridgehead atoms. The molecule has 21 heavy (non-hydrogen) atoms. The molecule has 5 nitrogen and oxygen atoms in total. The molecule has 0 saturated heterocycles. The smallest absolute Gasteiger partial charge is 0.283 e. The lowest BCUT2D eigenvalue weighted by atomic mass is 9.77. The first-order valence-electron chi connectivity index (χ1n) is 7.55. The van der Waals surface area contributed by atoms with E-state index in [2.05, 4.69) is 33.3 Å². The fraction of sp³-hybridized carbons (Fsp3) is 0.733. The molecular formula is C15H24BrN3O2. The van der Waals surface area contributed by atoms with Gasteiger partial charge in [-0.2, -0.15) is 5.10 Å². The third-order valence-electron chi connectivity index (χ3n) is 4.37. The van der Waals surface area contributed by atoms with Crippen LogP contribution in [0.5, 0.6) is 0 Å². The molecule has 0 radical (unpaired) electrons. The second-order valence-corrected chi connectivity index (χ2v) is 7.25. The highest BCUT2D eigenvalue weighted by Gasteiger charge is 2.34. The van der Waals surface area contributed by atoms with Gasteiger partial charge in [0.15, 0.2) is 0 Å². The van der Waals surface area contributed by atoms with Crippen molar-refractivity contribution in [3.63, 3.8) is 0 Å². The SMILES string of the molecule is CC1CCC(CO)(Nc2cnn(C(C)C)c(=O)c2Br)CC1. The van der Waals surface area contributed by atoms with E-state index < -0.39 is 0 Å². The molecule has 0 aromatic carbocycles. The predicted octanol–water partition coefficient (Wildman–Crippen LogP) is 2.94. The number of nitrogens with one attached hydrogen (secondary N) is 1. The van der Waals surface area contributed by atoms with Gasteiger partial charge in [0.1, 0.15) is 4.47 Å². The summed E-state index contributed by atoms with van der Waals surface area (Å²) in [7, 11) is 0. The van der Waals surface area contributed by atoms with Crippen LogP contribution in [0.1, 0.15) is 52.5 Å². The Balaban J connectivity index is 2.27. The molecule has 1 heterocycles. The Bertz CT molecular complexity index is 548. The molecular weight excluding hydrogens is 334 g/mol. The molecule has 0 spiro atoms. The van der Waals surface area contributed by atoms with Crippen LogP contribution >= 0.6 is 15.9 Å². The molecule has 1 fully saturated rings. The number of aromatic nitrogens is 2. The molecule has 1 aromatic heterocycles. The molecule has 0 amide bonds. The van der Waals surface area contributed by atoms with E-state index in [0.717, 1.165) is 25.7 Å². The van der Waals surface area contributed by atoms with Gasteiger partial charge >= 0.3 is 0 Å². The summed E-state index contributed by atoms with van der Waals surface area (Å²) in [6.07, 6.45) is 5.65. The van der Waals surface area contributed by atoms with Crippen LogP contribution in [0.4, 0.5) is 5.69 Å². The maximum absolute atomic E-state index is 12.3. The second-order valence-electron chi connectivity index (χ2n) is 6.46. The highest BCUT2D eigenvalue weighted by Crippen LogP contribution is 2.35. The van der Waals surface area contributed by atoms with E-state index in [1.165, 1.54) is 4.68 Å².